The van der Waals surface area contributed by atoms with Crippen molar-refractivity contribution in [3.8, 4) is 0 Å². The lowest BCUT2D eigenvalue weighted by atomic mass is 10.0. The summed E-state index contributed by atoms with van der Waals surface area (Å²) in [4.78, 5) is 38.2. The van der Waals surface area contributed by atoms with Crippen molar-refractivity contribution in [2.45, 2.75) is 335 Å². The van der Waals surface area contributed by atoms with Crippen molar-refractivity contribution < 1.29 is 28.6 Å². The van der Waals surface area contributed by atoms with Gasteiger partial charge in [-0.15, -0.1) is 0 Å². The van der Waals surface area contributed by atoms with Crippen LogP contribution in [0.4, 0.5) is 0 Å². The van der Waals surface area contributed by atoms with Crippen molar-refractivity contribution in [3.05, 3.63) is 24.3 Å². The number of allylic oxidation sites excluding steroid dienone is 4. The van der Waals surface area contributed by atoms with Crippen molar-refractivity contribution in [2.75, 3.05) is 13.2 Å². The highest BCUT2D eigenvalue weighted by Crippen LogP contribution is 2.17. The van der Waals surface area contributed by atoms with Crippen LogP contribution < -0.4 is 0 Å². The minimum absolute atomic E-state index is 0.0699. The third-order valence-corrected chi connectivity index (χ3v) is 13.5. The summed E-state index contributed by atoms with van der Waals surface area (Å²) in [6.45, 7) is 6.66. The van der Waals surface area contributed by atoms with E-state index in [1.54, 1.807) is 0 Å². The normalized spacial score (nSPS) is 12.1. The zero-order chi connectivity index (χ0) is 48.6. The van der Waals surface area contributed by atoms with Gasteiger partial charge >= 0.3 is 17.9 Å². The Kier molecular flexibility index (Phi) is 54.7. The number of carbonyl (C=O) groups is 3. The molecule has 67 heavy (non-hydrogen) atoms. The first-order chi connectivity index (χ1) is 33.0. The predicted octanol–water partition coefficient (Wildman–Crippen LogP) is 19.9. The SMILES string of the molecule is CCCCC/C=C\C/C=C\CCCCCCCC(=O)OC[C@H](COC(=O)CCCCCCCCCCCCCCCCCCCC)OC(=O)CCCCCCCCCCCCCCCCCC. The van der Waals surface area contributed by atoms with E-state index < -0.39 is 6.10 Å². The number of hydrogen-bond donors (Lipinski definition) is 0. The number of unbranched alkanes of at least 4 members (excludes halogenated alkanes) is 40. The van der Waals surface area contributed by atoms with Crippen molar-refractivity contribution in [2.24, 2.45) is 0 Å². The van der Waals surface area contributed by atoms with Crippen LogP contribution in [0.5, 0.6) is 0 Å². The molecule has 0 radical (unpaired) electrons. The summed E-state index contributed by atoms with van der Waals surface area (Å²) in [5.41, 5.74) is 0. The molecule has 0 fully saturated rings. The summed E-state index contributed by atoms with van der Waals surface area (Å²) in [5.74, 6) is -0.860. The third-order valence-electron chi connectivity index (χ3n) is 13.5. The molecule has 0 saturated carbocycles. The summed E-state index contributed by atoms with van der Waals surface area (Å²) in [5, 5.41) is 0. The second kappa shape index (κ2) is 56.5. The molecule has 0 N–H and O–H groups in total. The minimum atomic E-state index is -0.772. The zero-order valence-electron chi connectivity index (χ0n) is 45.2. The van der Waals surface area contributed by atoms with E-state index in [1.165, 1.54) is 212 Å². The molecule has 6 heteroatoms. The highest BCUT2D eigenvalue weighted by molar-refractivity contribution is 5.71. The van der Waals surface area contributed by atoms with Gasteiger partial charge in [-0.2, -0.15) is 0 Å². The average Bonchev–Trinajstić information content (AvgIpc) is 3.33. The van der Waals surface area contributed by atoms with Gasteiger partial charge in [-0.1, -0.05) is 283 Å². The second-order valence-corrected chi connectivity index (χ2v) is 20.3. The van der Waals surface area contributed by atoms with E-state index in [-0.39, 0.29) is 31.1 Å². The highest BCUT2D eigenvalue weighted by Gasteiger charge is 2.19. The van der Waals surface area contributed by atoms with E-state index in [0.29, 0.717) is 19.3 Å². The van der Waals surface area contributed by atoms with Crippen LogP contribution in [0.3, 0.4) is 0 Å². The van der Waals surface area contributed by atoms with Gasteiger partial charge in [-0.25, -0.2) is 0 Å². The third kappa shape index (κ3) is 54.7. The minimum Gasteiger partial charge on any atom is -0.462 e. The molecule has 0 aromatic carbocycles. The summed E-state index contributed by atoms with van der Waals surface area (Å²) < 4.78 is 16.9. The second-order valence-electron chi connectivity index (χ2n) is 20.3. The molecule has 0 rings (SSSR count). The summed E-state index contributed by atoms with van der Waals surface area (Å²) >= 11 is 0. The molecule has 0 aliphatic carbocycles. The molecule has 0 saturated heterocycles. The topological polar surface area (TPSA) is 78.9 Å². The highest BCUT2D eigenvalue weighted by atomic mass is 16.6. The van der Waals surface area contributed by atoms with E-state index in [0.717, 1.165) is 77.0 Å². The van der Waals surface area contributed by atoms with Gasteiger partial charge in [0.05, 0.1) is 0 Å². The number of ether oxygens (including phenoxy) is 3. The van der Waals surface area contributed by atoms with Crippen LogP contribution in [0, 0.1) is 0 Å². The maximum Gasteiger partial charge on any atom is 0.306 e. The van der Waals surface area contributed by atoms with Gasteiger partial charge in [0.2, 0.25) is 0 Å². The molecule has 0 amide bonds. The van der Waals surface area contributed by atoms with E-state index in [2.05, 4.69) is 45.1 Å². The Bertz CT molecular complexity index is 1080. The van der Waals surface area contributed by atoms with Crippen LogP contribution in [-0.2, 0) is 28.6 Å². The Morgan fingerprint density at radius 3 is 0.851 bits per heavy atom. The first-order valence-corrected chi connectivity index (χ1v) is 29.8. The number of carbonyl (C=O) groups excluding carboxylic acids is 3. The Balaban J connectivity index is 4.33. The van der Waals surface area contributed by atoms with E-state index >= 15 is 0 Å². The van der Waals surface area contributed by atoms with Crippen LogP contribution in [0.25, 0.3) is 0 Å². The largest absolute Gasteiger partial charge is 0.462 e. The van der Waals surface area contributed by atoms with Gasteiger partial charge in [-0.05, 0) is 51.4 Å². The maximum absolute atomic E-state index is 12.9. The number of hydrogen-bond acceptors (Lipinski definition) is 6. The molecular formula is C61H114O6. The molecule has 0 unspecified atom stereocenters. The van der Waals surface area contributed by atoms with Crippen LogP contribution in [0.15, 0.2) is 24.3 Å². The Morgan fingerprint density at radius 2 is 0.537 bits per heavy atom. The molecule has 1 atom stereocenters. The maximum atomic E-state index is 12.9. The van der Waals surface area contributed by atoms with Crippen LogP contribution in [-0.4, -0.2) is 37.2 Å². The fourth-order valence-electron chi connectivity index (χ4n) is 8.95. The molecular weight excluding hydrogens is 829 g/mol. The summed E-state index contributed by atoms with van der Waals surface area (Å²) in [6, 6.07) is 0. The lowest BCUT2D eigenvalue weighted by molar-refractivity contribution is -0.167. The van der Waals surface area contributed by atoms with Crippen molar-refractivity contribution >= 4 is 17.9 Å². The average molecular weight is 944 g/mol. The summed E-state index contributed by atoms with van der Waals surface area (Å²) in [7, 11) is 0. The molecule has 0 spiro atoms. The molecule has 0 bridgehead atoms. The molecule has 0 aromatic rings. The lowest BCUT2D eigenvalue weighted by Crippen LogP contribution is -2.30. The van der Waals surface area contributed by atoms with Gasteiger partial charge in [0.15, 0.2) is 6.10 Å². The molecule has 0 heterocycles. The first kappa shape index (κ1) is 64.9. The zero-order valence-corrected chi connectivity index (χ0v) is 45.2. The Labute approximate surface area is 417 Å². The van der Waals surface area contributed by atoms with Crippen LogP contribution in [0.1, 0.15) is 329 Å². The lowest BCUT2D eigenvalue weighted by Gasteiger charge is -2.18. The van der Waals surface area contributed by atoms with Gasteiger partial charge in [0.1, 0.15) is 13.2 Å². The van der Waals surface area contributed by atoms with Gasteiger partial charge in [0, 0.05) is 19.3 Å². The van der Waals surface area contributed by atoms with Crippen molar-refractivity contribution in [1.29, 1.82) is 0 Å². The quantitative estimate of drug-likeness (QED) is 0.0262. The Hall–Kier alpha value is -2.11. The molecule has 0 aliphatic heterocycles. The van der Waals surface area contributed by atoms with Gasteiger partial charge in [0.25, 0.3) is 0 Å². The van der Waals surface area contributed by atoms with Crippen molar-refractivity contribution in [1.82, 2.24) is 0 Å². The van der Waals surface area contributed by atoms with E-state index in [1.807, 2.05) is 0 Å². The molecule has 6 nitrogen and oxygen atoms in total. The first-order valence-electron chi connectivity index (χ1n) is 29.8. The van der Waals surface area contributed by atoms with Crippen LogP contribution >= 0.6 is 0 Å². The monoisotopic (exact) mass is 943 g/mol. The van der Waals surface area contributed by atoms with Gasteiger partial charge < -0.3 is 14.2 Å². The van der Waals surface area contributed by atoms with E-state index in [9.17, 15) is 14.4 Å². The summed E-state index contributed by atoms with van der Waals surface area (Å²) in [6.07, 6.45) is 66.0. The fourth-order valence-corrected chi connectivity index (χ4v) is 8.95. The molecule has 0 aromatic heterocycles. The smallest absolute Gasteiger partial charge is 0.306 e. The molecule has 394 valence electrons. The fraction of sp³-hybridized carbons (Fsp3) is 0.885. The van der Waals surface area contributed by atoms with Crippen molar-refractivity contribution in [3.63, 3.8) is 0 Å². The number of esters is 3. The Morgan fingerprint density at radius 1 is 0.299 bits per heavy atom. The standard InChI is InChI=1S/C61H114O6/c1-4-7-10-13-16-19-22-25-28-30-31-34-36-39-42-45-48-51-54-60(63)66-57-58(56-65-59(62)53-50-47-44-41-38-35-32-27-24-21-18-15-12-9-6-3)67-61(64)55-52-49-46-43-40-37-33-29-26-23-20-17-14-11-8-5-2/h18,21,27,32,58H,4-17,19-20,22-26,28-31,33-57H2,1-3H3/b21-18-,32-27-/t58-/m1/s1. The predicted molar refractivity (Wildman–Crippen MR) is 289 cm³/mol. The van der Waals surface area contributed by atoms with Gasteiger partial charge in [-0.3, -0.25) is 14.4 Å². The number of rotatable bonds is 55. The van der Waals surface area contributed by atoms with E-state index in [4.69, 9.17) is 14.2 Å². The molecule has 0 aliphatic rings. The van der Waals surface area contributed by atoms with Crippen LogP contribution in [0.2, 0.25) is 0 Å².